The van der Waals surface area contributed by atoms with Gasteiger partial charge >= 0.3 is 0 Å². The minimum absolute atomic E-state index is 0. The number of hydrogen-bond acceptors (Lipinski definition) is 0. The molecule has 0 fully saturated rings. The molecule has 0 unspecified atom stereocenters. The van der Waals surface area contributed by atoms with Gasteiger partial charge in [0.2, 0.25) is 0 Å². The normalized spacial score (nSPS) is 0. The Bertz CT molecular complexity index is 3.25. The van der Waals surface area contributed by atoms with Crippen molar-refractivity contribution in [3.63, 3.8) is 0 Å². The van der Waals surface area contributed by atoms with Gasteiger partial charge in [-0.25, -0.2) is 0 Å². The molecule has 0 nitrogen and oxygen atoms in total. The van der Waals surface area contributed by atoms with Crippen LogP contribution in [0.1, 0.15) is 0 Å². The summed E-state index contributed by atoms with van der Waals surface area (Å²) in [5, 5.41) is 0. The molecule has 0 bridgehead atoms. The number of hydrogen-bond donors (Lipinski definition) is 0. The molecule has 30 valence electrons. The average molecular weight is 210 g/mol. The summed E-state index contributed by atoms with van der Waals surface area (Å²) in [7, 11) is 0. The summed E-state index contributed by atoms with van der Waals surface area (Å²) >= 11 is 0. The van der Waals surface area contributed by atoms with Crippen LogP contribution in [0.25, 0.3) is 0 Å². The first-order valence-electron chi connectivity index (χ1n) is 0. The van der Waals surface area contributed by atoms with Crippen LogP contribution >= 0.6 is 0 Å². The molecule has 0 aliphatic carbocycles. The van der Waals surface area contributed by atoms with Gasteiger partial charge in [-0.1, -0.05) is 0 Å². The van der Waals surface area contributed by atoms with Crippen molar-refractivity contribution in [2.24, 2.45) is 0 Å². The Morgan fingerprint density at radius 2 is 0.500 bits per heavy atom. The van der Waals surface area contributed by atoms with Gasteiger partial charge in [0.1, 0.15) is 0 Å². The Morgan fingerprint density at radius 3 is 0.500 bits per heavy atom. The molecule has 4 heteroatoms. The average Bonchev–Trinajstić information content (AvgIpc) is 0. The zero-order valence-electron chi connectivity index (χ0n) is 1.63. The van der Waals surface area contributed by atoms with E-state index in [1.165, 1.54) is 0 Å². The SMILES string of the molecule is F.F.F.[Sm]. The molecule has 0 heterocycles. The van der Waals surface area contributed by atoms with Crippen molar-refractivity contribution >= 4 is 0 Å². The maximum Gasteiger partial charge on any atom is 0 e. The first kappa shape index (κ1) is 68.7. The fourth-order valence-corrected chi connectivity index (χ4v) is 0. The van der Waals surface area contributed by atoms with Gasteiger partial charge in [0.05, 0.1) is 0 Å². The van der Waals surface area contributed by atoms with Gasteiger partial charge < -0.3 is 0 Å². The summed E-state index contributed by atoms with van der Waals surface area (Å²) in [6, 6.07) is 0. The minimum Gasteiger partial charge on any atom is -0.269 e. The van der Waals surface area contributed by atoms with Crippen LogP contribution in [0.15, 0.2) is 0 Å². The van der Waals surface area contributed by atoms with Crippen LogP contribution in [0, 0.1) is 40.4 Å². The van der Waals surface area contributed by atoms with Gasteiger partial charge in [-0.3, -0.25) is 14.1 Å². The molecule has 0 radical (unpaired) electrons. The number of rotatable bonds is 0. The van der Waals surface area contributed by atoms with Crippen LogP contribution in [-0.2, 0) is 0 Å². The molecule has 0 rings (SSSR count). The van der Waals surface area contributed by atoms with Crippen LogP contribution in [0.4, 0.5) is 14.1 Å². The first-order chi connectivity index (χ1) is 0. The van der Waals surface area contributed by atoms with E-state index in [1.807, 2.05) is 0 Å². The summed E-state index contributed by atoms with van der Waals surface area (Å²) < 4.78 is 0. The largest absolute Gasteiger partial charge is 0.269 e. The van der Waals surface area contributed by atoms with Crippen LogP contribution in [0.3, 0.4) is 0 Å². The molecule has 4 heavy (non-hydrogen) atoms. The van der Waals surface area contributed by atoms with Crippen LogP contribution < -0.4 is 0 Å². The van der Waals surface area contributed by atoms with E-state index >= 15 is 0 Å². The topological polar surface area (TPSA) is 0 Å². The van der Waals surface area contributed by atoms with Crippen molar-refractivity contribution in [1.29, 1.82) is 0 Å². The van der Waals surface area contributed by atoms with Crippen molar-refractivity contribution in [3.05, 3.63) is 0 Å². The third-order valence-electron chi connectivity index (χ3n) is 0. The van der Waals surface area contributed by atoms with E-state index in [2.05, 4.69) is 0 Å². The summed E-state index contributed by atoms with van der Waals surface area (Å²) in [6.07, 6.45) is 0. The minimum atomic E-state index is 0. The van der Waals surface area contributed by atoms with Crippen LogP contribution in [-0.4, -0.2) is 0 Å². The molecule has 0 aliphatic heterocycles. The van der Waals surface area contributed by atoms with E-state index in [0.29, 0.717) is 0 Å². The fourth-order valence-electron chi connectivity index (χ4n) is 0. The predicted octanol–water partition coefficient (Wildman–Crippen LogP) is 0.458. The van der Waals surface area contributed by atoms with Crippen molar-refractivity contribution in [2.45, 2.75) is 0 Å². The van der Waals surface area contributed by atoms with E-state index in [0.717, 1.165) is 0 Å². The summed E-state index contributed by atoms with van der Waals surface area (Å²) in [5.41, 5.74) is 0. The Morgan fingerprint density at radius 1 is 0.500 bits per heavy atom. The third kappa shape index (κ3) is 11.1. The Kier molecular flexibility index (Phi) is 545. The molecule has 0 atom stereocenters. The molecule has 0 aromatic carbocycles. The van der Waals surface area contributed by atoms with E-state index in [-0.39, 0.29) is 54.5 Å². The molecular formula is H3F3Sm. The molecule has 0 saturated carbocycles. The van der Waals surface area contributed by atoms with Crippen molar-refractivity contribution in [3.8, 4) is 0 Å². The predicted molar refractivity (Wildman–Crippen MR) is 7.51 cm³/mol. The van der Waals surface area contributed by atoms with Crippen molar-refractivity contribution in [2.75, 3.05) is 0 Å². The van der Waals surface area contributed by atoms with Gasteiger partial charge in [-0.15, -0.1) is 0 Å². The smallest absolute Gasteiger partial charge is 0 e. The second-order valence-corrected chi connectivity index (χ2v) is 0. The van der Waals surface area contributed by atoms with Gasteiger partial charge in [-0.05, 0) is 0 Å². The van der Waals surface area contributed by atoms with Gasteiger partial charge in [0.25, 0.3) is 0 Å². The molecule has 0 N–H and O–H groups in total. The summed E-state index contributed by atoms with van der Waals surface area (Å²) in [6.45, 7) is 0. The molecule has 0 amide bonds. The van der Waals surface area contributed by atoms with E-state index < -0.39 is 0 Å². The Balaban J connectivity index is 0. The van der Waals surface area contributed by atoms with Gasteiger partial charge in [0.15, 0.2) is 0 Å². The third-order valence-corrected chi connectivity index (χ3v) is 0. The Labute approximate surface area is 54.2 Å². The second kappa shape index (κ2) is 31.8. The van der Waals surface area contributed by atoms with Crippen LogP contribution in [0.2, 0.25) is 0 Å². The standard InChI is InChI=1S/3FH.Sm/h3*1H;. The zero-order chi connectivity index (χ0) is 0. The molecule has 0 saturated heterocycles. The van der Waals surface area contributed by atoms with E-state index in [1.54, 1.807) is 0 Å². The van der Waals surface area contributed by atoms with Gasteiger partial charge in [-0.2, -0.15) is 0 Å². The maximum atomic E-state index is 0. The Hall–Kier alpha value is 1.13. The molecule has 0 aromatic rings. The number of halogens is 3. The molecule has 0 spiro atoms. The fraction of sp³-hybridized carbons (Fsp3) is 0. The van der Waals surface area contributed by atoms with Crippen LogP contribution in [0.5, 0.6) is 0 Å². The summed E-state index contributed by atoms with van der Waals surface area (Å²) in [5.74, 6) is 0. The maximum absolute atomic E-state index is 0. The second-order valence-electron chi connectivity index (χ2n) is 0. The quantitative estimate of drug-likeness (QED) is 0.545. The van der Waals surface area contributed by atoms with E-state index in [4.69, 9.17) is 0 Å². The molecule has 0 aliphatic rings. The zero-order valence-corrected chi connectivity index (χ0v) is 4.25. The van der Waals surface area contributed by atoms with Crippen molar-refractivity contribution in [1.82, 2.24) is 0 Å². The van der Waals surface area contributed by atoms with Crippen molar-refractivity contribution < 1.29 is 54.5 Å². The first-order valence-corrected chi connectivity index (χ1v) is 0. The summed E-state index contributed by atoms with van der Waals surface area (Å²) in [4.78, 5) is 0. The molecule has 0 aromatic heterocycles. The molecular weight excluding hydrogens is 207 g/mol. The monoisotopic (exact) mass is 212 g/mol. The van der Waals surface area contributed by atoms with E-state index in [9.17, 15) is 0 Å². The van der Waals surface area contributed by atoms with Gasteiger partial charge in [0, 0.05) is 40.4 Å².